The number of aliphatic hydroxyl groups excluding tert-OH is 1. The van der Waals surface area contributed by atoms with Crippen LogP contribution in [-0.2, 0) is 6.54 Å². The predicted octanol–water partition coefficient (Wildman–Crippen LogP) is 1.35. The van der Waals surface area contributed by atoms with Crippen LogP contribution in [0.2, 0.25) is 0 Å². The van der Waals surface area contributed by atoms with E-state index >= 15 is 0 Å². The van der Waals surface area contributed by atoms with E-state index in [1.807, 2.05) is 10.8 Å². The van der Waals surface area contributed by atoms with Gasteiger partial charge in [0, 0.05) is 18.9 Å². The molecule has 1 N–H and O–H groups in total. The van der Waals surface area contributed by atoms with Gasteiger partial charge in [0.05, 0.1) is 0 Å². The molecule has 1 aromatic heterocycles. The van der Waals surface area contributed by atoms with Crippen LogP contribution in [0.15, 0.2) is 12.4 Å². The topological polar surface area (TPSA) is 38.0 Å². The molecule has 0 saturated heterocycles. The molecule has 0 amide bonds. The van der Waals surface area contributed by atoms with Gasteiger partial charge in [0.2, 0.25) is 0 Å². The standard InChI is InChI=1S/C9H14N2O/c1-2-11-6-5-10-9(11)8(12)7-3-4-7/h5-8,12H,2-4H2,1H3. The van der Waals surface area contributed by atoms with Crippen molar-refractivity contribution in [3.8, 4) is 0 Å². The lowest BCUT2D eigenvalue weighted by atomic mass is 10.2. The fourth-order valence-electron chi connectivity index (χ4n) is 1.48. The van der Waals surface area contributed by atoms with E-state index in [-0.39, 0.29) is 6.10 Å². The Morgan fingerprint density at radius 2 is 2.50 bits per heavy atom. The highest BCUT2D eigenvalue weighted by Gasteiger charge is 2.33. The normalized spacial score (nSPS) is 19.5. The van der Waals surface area contributed by atoms with Crippen molar-refractivity contribution >= 4 is 0 Å². The molecule has 12 heavy (non-hydrogen) atoms. The summed E-state index contributed by atoms with van der Waals surface area (Å²) >= 11 is 0. The Bertz CT molecular complexity index is 265. The van der Waals surface area contributed by atoms with Crippen molar-refractivity contribution < 1.29 is 5.11 Å². The molecule has 2 rings (SSSR count). The zero-order valence-corrected chi connectivity index (χ0v) is 7.27. The fourth-order valence-corrected chi connectivity index (χ4v) is 1.48. The predicted molar refractivity (Wildman–Crippen MR) is 45.6 cm³/mol. The second-order valence-corrected chi connectivity index (χ2v) is 3.35. The first kappa shape index (κ1) is 7.80. The minimum Gasteiger partial charge on any atom is -0.385 e. The van der Waals surface area contributed by atoms with Crippen LogP contribution in [0.1, 0.15) is 31.7 Å². The Kier molecular flexibility index (Phi) is 1.89. The van der Waals surface area contributed by atoms with Crippen molar-refractivity contribution in [2.24, 2.45) is 5.92 Å². The molecule has 0 bridgehead atoms. The Morgan fingerprint density at radius 3 is 3.08 bits per heavy atom. The van der Waals surface area contributed by atoms with Crippen LogP contribution < -0.4 is 0 Å². The van der Waals surface area contributed by atoms with Crippen molar-refractivity contribution in [3.05, 3.63) is 18.2 Å². The van der Waals surface area contributed by atoms with Gasteiger partial charge in [-0.25, -0.2) is 4.98 Å². The van der Waals surface area contributed by atoms with Crippen molar-refractivity contribution in [3.63, 3.8) is 0 Å². The van der Waals surface area contributed by atoms with Crippen molar-refractivity contribution in [1.82, 2.24) is 9.55 Å². The summed E-state index contributed by atoms with van der Waals surface area (Å²) in [6.07, 6.45) is 5.64. The third-order valence-electron chi connectivity index (χ3n) is 2.42. The first-order valence-electron chi connectivity index (χ1n) is 4.52. The monoisotopic (exact) mass is 166 g/mol. The third-order valence-corrected chi connectivity index (χ3v) is 2.42. The molecule has 1 fully saturated rings. The number of hydrogen-bond donors (Lipinski definition) is 1. The molecule has 3 nitrogen and oxygen atoms in total. The van der Waals surface area contributed by atoms with Crippen LogP contribution >= 0.6 is 0 Å². The molecule has 1 aliphatic carbocycles. The van der Waals surface area contributed by atoms with Crippen molar-refractivity contribution in [2.45, 2.75) is 32.4 Å². The van der Waals surface area contributed by atoms with Crippen LogP contribution in [0, 0.1) is 5.92 Å². The highest BCUT2D eigenvalue weighted by molar-refractivity contribution is 5.01. The molecule has 0 radical (unpaired) electrons. The largest absolute Gasteiger partial charge is 0.385 e. The van der Waals surface area contributed by atoms with E-state index in [0.717, 1.165) is 25.2 Å². The van der Waals surface area contributed by atoms with Gasteiger partial charge >= 0.3 is 0 Å². The summed E-state index contributed by atoms with van der Waals surface area (Å²) < 4.78 is 2.00. The van der Waals surface area contributed by atoms with Crippen LogP contribution in [-0.4, -0.2) is 14.7 Å². The van der Waals surface area contributed by atoms with Gasteiger partial charge < -0.3 is 9.67 Å². The molecule has 66 valence electrons. The van der Waals surface area contributed by atoms with E-state index in [0.29, 0.717) is 5.92 Å². The van der Waals surface area contributed by atoms with Crippen molar-refractivity contribution in [2.75, 3.05) is 0 Å². The molecule has 0 aromatic carbocycles. The first-order chi connectivity index (χ1) is 5.83. The molecule has 1 heterocycles. The van der Waals surface area contributed by atoms with E-state index in [9.17, 15) is 5.11 Å². The van der Waals surface area contributed by atoms with Gasteiger partial charge in [0.1, 0.15) is 11.9 Å². The minimum atomic E-state index is -0.333. The molecule has 1 atom stereocenters. The Hall–Kier alpha value is -0.830. The average molecular weight is 166 g/mol. The molecule has 0 aliphatic heterocycles. The minimum absolute atomic E-state index is 0.333. The lowest BCUT2D eigenvalue weighted by Gasteiger charge is -2.10. The summed E-state index contributed by atoms with van der Waals surface area (Å²) in [5.74, 6) is 1.30. The van der Waals surface area contributed by atoms with Gasteiger partial charge in [-0.05, 0) is 25.7 Å². The first-order valence-corrected chi connectivity index (χ1v) is 4.52. The average Bonchev–Trinajstić information content (AvgIpc) is 2.82. The molecule has 1 aromatic rings. The number of aliphatic hydroxyl groups is 1. The number of hydrogen-bond acceptors (Lipinski definition) is 2. The molecule has 3 heteroatoms. The van der Waals surface area contributed by atoms with Crippen LogP contribution in [0.5, 0.6) is 0 Å². The highest BCUT2D eigenvalue weighted by Crippen LogP contribution is 2.40. The summed E-state index contributed by atoms with van der Waals surface area (Å²) in [4.78, 5) is 4.16. The summed E-state index contributed by atoms with van der Waals surface area (Å²) in [6.45, 7) is 2.95. The maximum absolute atomic E-state index is 9.78. The van der Waals surface area contributed by atoms with E-state index in [1.165, 1.54) is 0 Å². The zero-order valence-electron chi connectivity index (χ0n) is 7.27. The molecule has 1 unspecified atom stereocenters. The number of nitrogens with zero attached hydrogens (tertiary/aromatic N) is 2. The summed E-state index contributed by atoms with van der Waals surface area (Å²) in [5, 5.41) is 9.78. The quantitative estimate of drug-likeness (QED) is 0.736. The SMILES string of the molecule is CCn1ccnc1C(O)C1CC1. The molecule has 1 aliphatic rings. The van der Waals surface area contributed by atoms with Crippen LogP contribution in [0.25, 0.3) is 0 Å². The Labute approximate surface area is 72.0 Å². The van der Waals surface area contributed by atoms with Gasteiger partial charge in [0.15, 0.2) is 0 Å². The number of aromatic nitrogens is 2. The lowest BCUT2D eigenvalue weighted by molar-refractivity contribution is 0.140. The fraction of sp³-hybridized carbons (Fsp3) is 0.667. The number of aryl methyl sites for hydroxylation is 1. The Morgan fingerprint density at radius 1 is 1.75 bits per heavy atom. The van der Waals surface area contributed by atoms with Crippen LogP contribution in [0.3, 0.4) is 0 Å². The van der Waals surface area contributed by atoms with Gasteiger partial charge in [-0.3, -0.25) is 0 Å². The second-order valence-electron chi connectivity index (χ2n) is 3.35. The highest BCUT2D eigenvalue weighted by atomic mass is 16.3. The van der Waals surface area contributed by atoms with Gasteiger partial charge in [-0.2, -0.15) is 0 Å². The molecular formula is C9H14N2O. The van der Waals surface area contributed by atoms with Gasteiger partial charge in [-0.1, -0.05) is 0 Å². The number of imidazole rings is 1. The van der Waals surface area contributed by atoms with Crippen molar-refractivity contribution in [1.29, 1.82) is 0 Å². The summed E-state index contributed by atoms with van der Waals surface area (Å²) in [5.41, 5.74) is 0. The lowest BCUT2D eigenvalue weighted by Crippen LogP contribution is -2.08. The van der Waals surface area contributed by atoms with Crippen LogP contribution in [0.4, 0.5) is 0 Å². The molecular weight excluding hydrogens is 152 g/mol. The summed E-state index contributed by atoms with van der Waals surface area (Å²) in [6, 6.07) is 0. The number of rotatable bonds is 3. The van der Waals surface area contributed by atoms with E-state index in [4.69, 9.17) is 0 Å². The molecule has 0 spiro atoms. The molecule has 1 saturated carbocycles. The van der Waals surface area contributed by atoms with Gasteiger partial charge in [0.25, 0.3) is 0 Å². The summed E-state index contributed by atoms with van der Waals surface area (Å²) in [7, 11) is 0. The smallest absolute Gasteiger partial charge is 0.137 e. The van der Waals surface area contributed by atoms with E-state index < -0.39 is 0 Å². The Balaban J connectivity index is 2.19. The second kappa shape index (κ2) is 2.90. The maximum Gasteiger partial charge on any atom is 0.137 e. The maximum atomic E-state index is 9.78. The van der Waals surface area contributed by atoms with E-state index in [1.54, 1.807) is 6.20 Å². The van der Waals surface area contributed by atoms with Gasteiger partial charge in [-0.15, -0.1) is 0 Å². The zero-order chi connectivity index (χ0) is 8.55. The van der Waals surface area contributed by atoms with E-state index in [2.05, 4.69) is 11.9 Å². The third kappa shape index (κ3) is 1.25.